The van der Waals surface area contributed by atoms with Crippen molar-refractivity contribution in [2.24, 2.45) is 0 Å². The van der Waals surface area contributed by atoms with E-state index in [0.717, 1.165) is 44.5 Å². The van der Waals surface area contributed by atoms with Gasteiger partial charge in [-0.1, -0.05) is 25.0 Å². The second kappa shape index (κ2) is 8.23. The Hall–Kier alpha value is -2.47. The molecule has 2 saturated heterocycles. The predicted molar refractivity (Wildman–Crippen MR) is 117 cm³/mol. The second-order valence-corrected chi connectivity index (χ2v) is 9.15. The number of likely N-dealkylation sites (tertiary alicyclic amines) is 1. The Morgan fingerprint density at radius 1 is 0.871 bits per heavy atom. The Morgan fingerprint density at radius 3 is 2.16 bits per heavy atom. The van der Waals surface area contributed by atoms with Crippen LogP contribution in [-0.4, -0.2) is 42.1 Å². The number of piperidine rings is 1. The van der Waals surface area contributed by atoms with Crippen molar-refractivity contribution >= 4 is 11.6 Å². The fourth-order valence-corrected chi connectivity index (χ4v) is 5.92. The van der Waals surface area contributed by atoms with E-state index >= 15 is 0 Å². The molecule has 3 fully saturated rings. The van der Waals surface area contributed by atoms with Crippen molar-refractivity contribution in [2.45, 2.75) is 56.0 Å². The Morgan fingerprint density at radius 2 is 1.48 bits per heavy atom. The van der Waals surface area contributed by atoms with Crippen LogP contribution in [0.3, 0.4) is 0 Å². The lowest BCUT2D eigenvalue weighted by molar-refractivity contribution is -0.125. The van der Waals surface area contributed by atoms with E-state index in [4.69, 9.17) is 0 Å². The molecule has 2 unspecified atom stereocenters. The maximum Gasteiger partial charge on any atom is 0.247 e. The molecule has 3 aliphatic rings. The zero-order valence-corrected chi connectivity index (χ0v) is 17.7. The summed E-state index contributed by atoms with van der Waals surface area (Å²) in [4.78, 5) is 17.6. The van der Waals surface area contributed by atoms with Gasteiger partial charge in [0, 0.05) is 24.8 Å². The molecule has 0 bridgehead atoms. The highest BCUT2D eigenvalue weighted by atomic mass is 19.1. The van der Waals surface area contributed by atoms with E-state index in [0.29, 0.717) is 18.6 Å². The number of hydrogen-bond acceptors (Lipinski definition) is 3. The van der Waals surface area contributed by atoms with Gasteiger partial charge in [0.2, 0.25) is 5.91 Å². The quantitative estimate of drug-likeness (QED) is 0.791. The summed E-state index contributed by atoms with van der Waals surface area (Å²) in [7, 11) is 0. The van der Waals surface area contributed by atoms with Crippen LogP contribution in [0, 0.1) is 11.6 Å². The van der Waals surface area contributed by atoms with Crippen molar-refractivity contribution in [1.82, 2.24) is 10.2 Å². The summed E-state index contributed by atoms with van der Waals surface area (Å²) in [6, 6.07) is 13.9. The molecular weight excluding hydrogens is 396 g/mol. The molecule has 0 aromatic heterocycles. The molecule has 2 aliphatic heterocycles. The van der Waals surface area contributed by atoms with Gasteiger partial charge in [-0.25, -0.2) is 8.78 Å². The smallest absolute Gasteiger partial charge is 0.247 e. The van der Waals surface area contributed by atoms with Gasteiger partial charge < -0.3 is 10.2 Å². The van der Waals surface area contributed by atoms with Crippen molar-refractivity contribution < 1.29 is 13.6 Å². The lowest BCUT2D eigenvalue weighted by atomic mass is 9.77. The first-order valence-corrected chi connectivity index (χ1v) is 11.4. The minimum Gasteiger partial charge on any atom is -0.339 e. The Kier molecular flexibility index (Phi) is 5.42. The lowest BCUT2D eigenvalue weighted by Crippen LogP contribution is -2.58. The molecule has 1 aliphatic carbocycles. The average Bonchev–Trinajstić information content (AvgIpc) is 3.11. The molecule has 2 aromatic rings. The van der Waals surface area contributed by atoms with Gasteiger partial charge in [0.15, 0.2) is 0 Å². The number of carbonyl (C=O) groups excluding carboxylic acids is 1. The zero-order chi connectivity index (χ0) is 21.4. The van der Waals surface area contributed by atoms with Crippen LogP contribution in [0.1, 0.15) is 50.0 Å². The van der Waals surface area contributed by atoms with Crippen LogP contribution in [0.25, 0.3) is 0 Å². The van der Waals surface area contributed by atoms with Gasteiger partial charge >= 0.3 is 0 Å². The first-order chi connectivity index (χ1) is 15.1. The molecular formula is C25H29F2N3O. The number of carbonyl (C=O) groups is 1. The van der Waals surface area contributed by atoms with E-state index in [1.165, 1.54) is 30.5 Å². The van der Waals surface area contributed by atoms with Gasteiger partial charge in [0.1, 0.15) is 17.2 Å². The fraction of sp³-hybridized carbons (Fsp3) is 0.480. The van der Waals surface area contributed by atoms with Crippen LogP contribution in [-0.2, 0) is 4.79 Å². The number of anilines is 1. The van der Waals surface area contributed by atoms with Crippen molar-refractivity contribution in [3.8, 4) is 0 Å². The molecule has 1 N–H and O–H groups in total. The molecule has 4 nitrogen and oxygen atoms in total. The molecule has 164 valence electrons. The van der Waals surface area contributed by atoms with E-state index < -0.39 is 5.54 Å². The van der Waals surface area contributed by atoms with Gasteiger partial charge in [0.25, 0.3) is 0 Å². The summed E-state index contributed by atoms with van der Waals surface area (Å²) in [6.07, 6.45) is 6.19. The maximum absolute atomic E-state index is 13.4. The molecule has 31 heavy (non-hydrogen) atoms. The molecule has 2 heterocycles. The Labute approximate surface area is 182 Å². The topological polar surface area (TPSA) is 35.6 Å². The standard InChI is InChI=1S/C25H29F2N3O/c26-19-7-5-18(6-8-19)22-3-1-2-4-23(22)29-15-13-25(14-16-29)24(31)28-17-30(25)21-11-9-20(27)10-12-21/h5-12,22-23H,1-4,13-17H2,(H,28,31). The maximum atomic E-state index is 13.4. The number of rotatable bonds is 3. The van der Waals surface area contributed by atoms with Crippen LogP contribution in [0.2, 0.25) is 0 Å². The van der Waals surface area contributed by atoms with Gasteiger partial charge in [-0.3, -0.25) is 9.69 Å². The van der Waals surface area contributed by atoms with E-state index in [-0.39, 0.29) is 17.5 Å². The molecule has 6 heteroatoms. The third-order valence-electron chi connectivity index (χ3n) is 7.60. The summed E-state index contributed by atoms with van der Waals surface area (Å²) in [5.41, 5.74) is 1.54. The molecule has 5 rings (SSSR count). The lowest BCUT2D eigenvalue weighted by Gasteiger charge is -2.48. The zero-order valence-electron chi connectivity index (χ0n) is 17.7. The Bertz CT molecular complexity index is 923. The van der Waals surface area contributed by atoms with Crippen LogP contribution >= 0.6 is 0 Å². The first-order valence-electron chi connectivity index (χ1n) is 11.4. The number of halogens is 2. The largest absolute Gasteiger partial charge is 0.339 e. The number of nitrogens with zero attached hydrogens (tertiary/aromatic N) is 2. The molecule has 1 saturated carbocycles. The summed E-state index contributed by atoms with van der Waals surface area (Å²) in [6.45, 7) is 2.17. The summed E-state index contributed by atoms with van der Waals surface area (Å²) in [5, 5.41) is 3.02. The summed E-state index contributed by atoms with van der Waals surface area (Å²) >= 11 is 0. The highest BCUT2D eigenvalue weighted by Crippen LogP contribution is 2.41. The molecule has 2 aromatic carbocycles. The van der Waals surface area contributed by atoms with E-state index in [2.05, 4.69) is 15.1 Å². The highest BCUT2D eigenvalue weighted by molar-refractivity contribution is 5.93. The van der Waals surface area contributed by atoms with Crippen molar-refractivity contribution in [1.29, 1.82) is 0 Å². The third kappa shape index (κ3) is 3.71. The van der Waals surface area contributed by atoms with E-state index in [1.54, 1.807) is 24.3 Å². The van der Waals surface area contributed by atoms with Gasteiger partial charge in [-0.15, -0.1) is 0 Å². The molecule has 1 spiro atoms. The van der Waals surface area contributed by atoms with Gasteiger partial charge in [-0.05, 0) is 73.6 Å². The van der Waals surface area contributed by atoms with Gasteiger partial charge in [-0.2, -0.15) is 0 Å². The monoisotopic (exact) mass is 425 g/mol. The van der Waals surface area contributed by atoms with Crippen LogP contribution in [0.4, 0.5) is 14.5 Å². The second-order valence-electron chi connectivity index (χ2n) is 9.15. The number of hydrogen-bond donors (Lipinski definition) is 1. The fourth-order valence-electron chi connectivity index (χ4n) is 5.92. The van der Waals surface area contributed by atoms with E-state index in [1.807, 2.05) is 12.1 Å². The van der Waals surface area contributed by atoms with E-state index in [9.17, 15) is 13.6 Å². The van der Waals surface area contributed by atoms with Crippen molar-refractivity contribution in [3.05, 3.63) is 65.7 Å². The average molecular weight is 426 g/mol. The SMILES string of the molecule is O=C1NCN(c2ccc(F)cc2)C12CCN(C1CCCCC1c1ccc(F)cc1)CC2. The number of nitrogens with one attached hydrogen (secondary N) is 1. The number of benzene rings is 2. The first kappa shape index (κ1) is 20.4. The summed E-state index contributed by atoms with van der Waals surface area (Å²) in [5.74, 6) is 0.0311. The predicted octanol–water partition coefficient (Wildman–Crippen LogP) is 4.42. The van der Waals surface area contributed by atoms with Crippen molar-refractivity contribution in [3.63, 3.8) is 0 Å². The minimum absolute atomic E-state index is 0.0789. The summed E-state index contributed by atoms with van der Waals surface area (Å²) < 4.78 is 26.8. The normalized spacial score (nSPS) is 26.3. The van der Waals surface area contributed by atoms with Crippen molar-refractivity contribution in [2.75, 3.05) is 24.7 Å². The Balaban J connectivity index is 1.34. The molecule has 0 radical (unpaired) electrons. The molecule has 1 amide bonds. The third-order valence-corrected chi connectivity index (χ3v) is 7.60. The van der Waals surface area contributed by atoms with Crippen LogP contribution in [0.15, 0.2) is 48.5 Å². The minimum atomic E-state index is -0.561. The van der Waals surface area contributed by atoms with Crippen LogP contribution in [0.5, 0.6) is 0 Å². The number of amides is 1. The van der Waals surface area contributed by atoms with Gasteiger partial charge in [0.05, 0.1) is 6.67 Å². The molecule has 2 atom stereocenters. The van der Waals surface area contributed by atoms with Crippen LogP contribution < -0.4 is 10.2 Å². The highest BCUT2D eigenvalue weighted by Gasteiger charge is 2.51.